The zero-order valence-corrected chi connectivity index (χ0v) is 17.9. The van der Waals surface area contributed by atoms with Gasteiger partial charge < -0.3 is 24.4 Å². The summed E-state index contributed by atoms with van der Waals surface area (Å²) in [6.45, 7) is 5.21. The van der Waals surface area contributed by atoms with E-state index in [1.54, 1.807) is 7.11 Å². The minimum Gasteiger partial charge on any atom is -0.386 e. The second-order valence-corrected chi connectivity index (χ2v) is 10.2. The van der Waals surface area contributed by atoms with E-state index in [0.717, 1.165) is 32.1 Å². The van der Waals surface area contributed by atoms with Crippen LogP contribution in [0.5, 0.6) is 0 Å². The van der Waals surface area contributed by atoms with Gasteiger partial charge in [0.05, 0.1) is 13.2 Å². The summed E-state index contributed by atoms with van der Waals surface area (Å²) in [6, 6.07) is 0. The van der Waals surface area contributed by atoms with Gasteiger partial charge in [0.1, 0.15) is 16.8 Å². The van der Waals surface area contributed by atoms with E-state index in [1.165, 1.54) is 5.57 Å². The van der Waals surface area contributed by atoms with Gasteiger partial charge in [-0.25, -0.2) is 0 Å². The van der Waals surface area contributed by atoms with Crippen molar-refractivity contribution in [1.82, 2.24) is 0 Å². The zero-order valence-electron chi connectivity index (χ0n) is 17.9. The number of methoxy groups -OCH3 is 1. The highest BCUT2D eigenvalue weighted by molar-refractivity contribution is 5.38. The highest BCUT2D eigenvalue weighted by Gasteiger charge is 2.68. The quantitative estimate of drug-likeness (QED) is 0.521. The van der Waals surface area contributed by atoms with Crippen LogP contribution in [0.15, 0.2) is 11.6 Å². The van der Waals surface area contributed by atoms with E-state index in [-0.39, 0.29) is 5.41 Å². The van der Waals surface area contributed by atoms with Gasteiger partial charge >= 0.3 is 0 Å². The van der Waals surface area contributed by atoms with Crippen LogP contribution in [0.1, 0.15) is 65.2 Å². The van der Waals surface area contributed by atoms with Crippen molar-refractivity contribution in [3.8, 4) is 11.8 Å². The predicted molar refractivity (Wildman–Crippen MR) is 108 cm³/mol. The van der Waals surface area contributed by atoms with Crippen molar-refractivity contribution in [1.29, 1.82) is 0 Å². The molecule has 5 rings (SSSR count). The largest absolute Gasteiger partial charge is 0.386 e. The summed E-state index contributed by atoms with van der Waals surface area (Å²) in [7, 11) is 1.74. The van der Waals surface area contributed by atoms with Crippen LogP contribution in [0.4, 0.5) is 0 Å². The molecular weight excluding hydrogens is 368 g/mol. The molecule has 1 saturated heterocycles. The Morgan fingerprint density at radius 1 is 1.10 bits per heavy atom. The molecule has 5 heteroatoms. The first kappa shape index (κ1) is 20.0. The first-order valence-corrected chi connectivity index (χ1v) is 11.2. The second kappa shape index (κ2) is 6.31. The van der Waals surface area contributed by atoms with Gasteiger partial charge in [0.2, 0.25) is 0 Å². The third kappa shape index (κ3) is 2.41. The molecular formula is C24H34O5. The van der Waals surface area contributed by atoms with Crippen molar-refractivity contribution in [3.63, 3.8) is 0 Å². The maximum atomic E-state index is 11.9. The molecule has 0 aromatic heterocycles. The molecule has 2 N–H and O–H groups in total. The standard InChI is InChI=1S/C24H34O5/c1-4-8-21(25)11-7-18-17-5-10-22(26)16-23(28-14-15-29-23)12-13-24(22,27-3)19(17)6-9-20(18,21)2/h6,17-18,25-26H,5,7,9-16H2,1-3H3/t17-,18+,20-,21-,22+,24-/m0/s1. The average Bonchev–Trinajstić information content (AvgIpc) is 3.24. The van der Waals surface area contributed by atoms with E-state index >= 15 is 0 Å². The fourth-order valence-electron chi connectivity index (χ4n) is 7.69. The molecule has 0 aromatic rings. The maximum absolute atomic E-state index is 11.9. The Balaban J connectivity index is 1.54. The molecule has 0 bridgehead atoms. The van der Waals surface area contributed by atoms with Gasteiger partial charge in [-0.2, -0.15) is 0 Å². The molecule has 29 heavy (non-hydrogen) atoms. The summed E-state index contributed by atoms with van der Waals surface area (Å²) in [5.74, 6) is 6.13. The third-order valence-electron chi connectivity index (χ3n) is 9.21. The Kier molecular flexibility index (Phi) is 4.36. The number of aliphatic hydroxyl groups is 2. The van der Waals surface area contributed by atoms with Crippen molar-refractivity contribution in [2.45, 2.75) is 87.8 Å². The van der Waals surface area contributed by atoms with Crippen LogP contribution >= 0.6 is 0 Å². The summed E-state index contributed by atoms with van der Waals surface area (Å²) in [5.41, 5.74) is -1.60. The summed E-state index contributed by atoms with van der Waals surface area (Å²) >= 11 is 0. The lowest BCUT2D eigenvalue weighted by Crippen LogP contribution is -2.68. The number of allylic oxidation sites excluding steroid dienone is 1. The van der Waals surface area contributed by atoms with Crippen molar-refractivity contribution in [2.75, 3.05) is 20.3 Å². The molecule has 5 nitrogen and oxygen atoms in total. The summed E-state index contributed by atoms with van der Waals surface area (Å²) in [6.07, 6.45) is 8.21. The number of fused-ring (bicyclic) bond motifs is 5. The topological polar surface area (TPSA) is 68.2 Å². The minimum atomic E-state index is -0.988. The summed E-state index contributed by atoms with van der Waals surface area (Å²) in [5, 5.41) is 23.3. The monoisotopic (exact) mass is 402 g/mol. The normalized spacial score (nSPS) is 50.2. The van der Waals surface area contributed by atoms with Gasteiger partial charge in [-0.05, 0) is 62.9 Å². The van der Waals surface area contributed by atoms with E-state index in [1.807, 2.05) is 6.92 Å². The highest BCUT2D eigenvalue weighted by Crippen LogP contribution is 2.66. The minimum absolute atomic E-state index is 0.248. The number of hydrogen-bond acceptors (Lipinski definition) is 5. The fourth-order valence-corrected chi connectivity index (χ4v) is 7.69. The van der Waals surface area contributed by atoms with Gasteiger partial charge in [-0.1, -0.05) is 18.9 Å². The van der Waals surface area contributed by atoms with Crippen LogP contribution in [-0.4, -0.2) is 53.1 Å². The molecule has 0 unspecified atom stereocenters. The lowest BCUT2D eigenvalue weighted by molar-refractivity contribution is -0.281. The zero-order chi connectivity index (χ0) is 20.5. The Bertz CT molecular complexity index is 789. The highest BCUT2D eigenvalue weighted by atomic mass is 16.7. The van der Waals surface area contributed by atoms with E-state index in [0.29, 0.717) is 44.3 Å². The van der Waals surface area contributed by atoms with Gasteiger partial charge in [0.15, 0.2) is 5.79 Å². The van der Waals surface area contributed by atoms with Crippen molar-refractivity contribution in [3.05, 3.63) is 11.6 Å². The Morgan fingerprint density at radius 2 is 1.86 bits per heavy atom. The Hall–Kier alpha value is -0.900. The third-order valence-corrected chi connectivity index (χ3v) is 9.21. The first-order chi connectivity index (χ1) is 13.8. The molecule has 160 valence electrons. The lowest BCUT2D eigenvalue weighted by Gasteiger charge is -2.61. The van der Waals surface area contributed by atoms with Gasteiger partial charge in [0, 0.05) is 25.4 Å². The Labute approximate surface area is 173 Å². The molecule has 0 amide bonds. The molecule has 4 fully saturated rings. The van der Waals surface area contributed by atoms with Crippen LogP contribution in [0.25, 0.3) is 0 Å². The first-order valence-electron chi connectivity index (χ1n) is 11.2. The van der Waals surface area contributed by atoms with Crippen LogP contribution in [0.2, 0.25) is 0 Å². The van der Waals surface area contributed by atoms with Crippen LogP contribution < -0.4 is 0 Å². The van der Waals surface area contributed by atoms with Crippen molar-refractivity contribution < 1.29 is 24.4 Å². The Morgan fingerprint density at radius 3 is 2.55 bits per heavy atom. The molecule has 6 atom stereocenters. The molecule has 5 aliphatic rings. The van der Waals surface area contributed by atoms with Gasteiger partial charge in [0.25, 0.3) is 0 Å². The molecule has 1 aliphatic heterocycles. The lowest BCUT2D eigenvalue weighted by atomic mass is 9.50. The van der Waals surface area contributed by atoms with E-state index in [9.17, 15) is 10.2 Å². The van der Waals surface area contributed by atoms with E-state index in [4.69, 9.17) is 14.2 Å². The van der Waals surface area contributed by atoms with Gasteiger partial charge in [-0.15, -0.1) is 5.92 Å². The van der Waals surface area contributed by atoms with Crippen molar-refractivity contribution >= 4 is 0 Å². The number of ether oxygens (including phenoxy) is 3. The van der Waals surface area contributed by atoms with Crippen LogP contribution in [0, 0.1) is 29.1 Å². The van der Waals surface area contributed by atoms with E-state index in [2.05, 4.69) is 24.8 Å². The molecule has 1 heterocycles. The van der Waals surface area contributed by atoms with Crippen LogP contribution in [-0.2, 0) is 14.2 Å². The molecule has 3 saturated carbocycles. The summed E-state index contributed by atoms with van der Waals surface area (Å²) in [4.78, 5) is 0. The SMILES string of the molecule is CC#C[C@]1(O)CC[C@@H]2[C@@H]3CC[C@@]4(O)CC5(CC[C@]4(OC)C3=CC[C@@]21C)OCCO5. The maximum Gasteiger partial charge on any atom is 0.171 e. The summed E-state index contributed by atoms with van der Waals surface area (Å²) < 4.78 is 18.1. The van der Waals surface area contributed by atoms with Crippen LogP contribution in [0.3, 0.4) is 0 Å². The number of hydrogen-bond donors (Lipinski definition) is 2. The smallest absolute Gasteiger partial charge is 0.171 e. The fraction of sp³-hybridized carbons (Fsp3) is 0.833. The van der Waals surface area contributed by atoms with E-state index < -0.39 is 22.6 Å². The number of rotatable bonds is 1. The average molecular weight is 403 g/mol. The van der Waals surface area contributed by atoms with Gasteiger partial charge in [-0.3, -0.25) is 0 Å². The van der Waals surface area contributed by atoms with Crippen molar-refractivity contribution in [2.24, 2.45) is 17.3 Å². The molecule has 1 spiro atoms. The predicted octanol–water partition coefficient (Wildman–Crippen LogP) is 2.94. The second-order valence-electron chi connectivity index (χ2n) is 10.2. The molecule has 4 aliphatic carbocycles. The molecule has 0 radical (unpaired) electrons. The molecule has 0 aromatic carbocycles.